The Kier molecular flexibility index (Phi) is 7.14. The Morgan fingerprint density at radius 2 is 1.79 bits per heavy atom. The van der Waals surface area contributed by atoms with Crippen LogP contribution >= 0.6 is 0 Å². The molecule has 172 valence electrons. The highest BCUT2D eigenvalue weighted by molar-refractivity contribution is 5.90. The summed E-state index contributed by atoms with van der Waals surface area (Å²) in [7, 11) is 0. The summed E-state index contributed by atoms with van der Waals surface area (Å²) in [6, 6.07) is 16.0. The van der Waals surface area contributed by atoms with E-state index in [0.29, 0.717) is 11.9 Å². The van der Waals surface area contributed by atoms with Gasteiger partial charge in [0.15, 0.2) is 0 Å². The molecule has 2 aromatic carbocycles. The molecule has 2 heterocycles. The van der Waals surface area contributed by atoms with Crippen LogP contribution < -0.4 is 15.5 Å². The molecule has 4 rings (SSSR count). The standard InChI is InChI=1S/C25H30N6O2/c1-17-22(28-19(3)32)10-7-11-23(17)29-24-26-16-27-25(30-24)31-14-12-21(13-15-31)33-18(2)20-8-5-4-6-9-20/h4-11,16,18,21H,12-15H2,1-3H3,(H,28,32)(H,26,27,29,30)/t18-/m0/s1. The molecule has 1 aliphatic heterocycles. The summed E-state index contributed by atoms with van der Waals surface area (Å²) in [4.78, 5) is 26.9. The lowest BCUT2D eigenvalue weighted by Gasteiger charge is -2.33. The predicted octanol–water partition coefficient (Wildman–Crippen LogP) is 4.63. The highest BCUT2D eigenvalue weighted by Crippen LogP contribution is 2.27. The van der Waals surface area contributed by atoms with Crippen LogP contribution in [0.5, 0.6) is 0 Å². The fourth-order valence-electron chi connectivity index (χ4n) is 4.00. The first-order chi connectivity index (χ1) is 16.0. The number of nitrogens with one attached hydrogen (secondary N) is 2. The second kappa shape index (κ2) is 10.4. The Morgan fingerprint density at radius 1 is 1.06 bits per heavy atom. The molecule has 1 amide bonds. The molecule has 0 aliphatic carbocycles. The van der Waals surface area contributed by atoms with Crippen LogP contribution in [-0.4, -0.2) is 40.1 Å². The number of benzene rings is 2. The van der Waals surface area contributed by atoms with Gasteiger partial charge >= 0.3 is 0 Å². The molecule has 0 saturated carbocycles. The van der Waals surface area contributed by atoms with Crippen LogP contribution in [0.1, 0.15) is 43.9 Å². The third-order valence-electron chi connectivity index (χ3n) is 5.84. The Hall–Kier alpha value is -3.52. The molecule has 0 spiro atoms. The number of piperidine rings is 1. The molecule has 1 fully saturated rings. The van der Waals surface area contributed by atoms with Gasteiger partial charge in [0.25, 0.3) is 0 Å². The number of rotatable bonds is 7. The number of anilines is 4. The number of carbonyl (C=O) groups excluding carboxylic acids is 1. The zero-order valence-corrected chi connectivity index (χ0v) is 19.3. The number of ether oxygens (including phenoxy) is 1. The first-order valence-electron chi connectivity index (χ1n) is 11.3. The van der Waals surface area contributed by atoms with Crippen LogP contribution in [0.2, 0.25) is 0 Å². The largest absolute Gasteiger partial charge is 0.370 e. The molecule has 2 N–H and O–H groups in total. The van der Waals surface area contributed by atoms with Gasteiger partial charge in [0, 0.05) is 31.4 Å². The minimum atomic E-state index is -0.108. The molecule has 33 heavy (non-hydrogen) atoms. The highest BCUT2D eigenvalue weighted by Gasteiger charge is 2.24. The fraction of sp³-hybridized carbons (Fsp3) is 0.360. The summed E-state index contributed by atoms with van der Waals surface area (Å²) in [6.07, 6.45) is 3.66. The van der Waals surface area contributed by atoms with Crippen molar-refractivity contribution in [1.82, 2.24) is 15.0 Å². The number of nitrogens with zero attached hydrogens (tertiary/aromatic N) is 4. The van der Waals surface area contributed by atoms with E-state index in [1.807, 2.05) is 43.3 Å². The highest BCUT2D eigenvalue weighted by atomic mass is 16.5. The third-order valence-corrected chi connectivity index (χ3v) is 5.84. The van der Waals surface area contributed by atoms with Crippen molar-refractivity contribution >= 4 is 29.2 Å². The average Bonchev–Trinajstić information content (AvgIpc) is 2.83. The van der Waals surface area contributed by atoms with Crippen molar-refractivity contribution in [3.05, 3.63) is 66.0 Å². The molecule has 8 heteroatoms. The van der Waals surface area contributed by atoms with Crippen molar-refractivity contribution in [3.63, 3.8) is 0 Å². The zero-order valence-electron chi connectivity index (χ0n) is 19.3. The Morgan fingerprint density at radius 3 is 2.52 bits per heavy atom. The van der Waals surface area contributed by atoms with E-state index in [0.717, 1.165) is 42.9 Å². The molecule has 1 saturated heterocycles. The van der Waals surface area contributed by atoms with E-state index in [4.69, 9.17) is 4.74 Å². The van der Waals surface area contributed by atoms with Crippen LogP contribution in [0.3, 0.4) is 0 Å². The number of carbonyl (C=O) groups is 1. The van der Waals surface area contributed by atoms with Gasteiger partial charge in [-0.2, -0.15) is 4.98 Å². The van der Waals surface area contributed by atoms with Gasteiger partial charge in [-0.3, -0.25) is 4.79 Å². The van der Waals surface area contributed by atoms with Crippen molar-refractivity contribution in [2.75, 3.05) is 28.6 Å². The third kappa shape index (κ3) is 5.84. The molecule has 8 nitrogen and oxygen atoms in total. The van der Waals surface area contributed by atoms with Gasteiger partial charge in [-0.25, -0.2) is 9.97 Å². The molecule has 0 unspecified atom stereocenters. The Labute approximate surface area is 194 Å². The van der Waals surface area contributed by atoms with E-state index in [-0.39, 0.29) is 18.1 Å². The topological polar surface area (TPSA) is 92.3 Å². The van der Waals surface area contributed by atoms with E-state index in [1.165, 1.54) is 18.8 Å². The van der Waals surface area contributed by atoms with Gasteiger partial charge in [0.1, 0.15) is 6.33 Å². The van der Waals surface area contributed by atoms with Crippen molar-refractivity contribution in [1.29, 1.82) is 0 Å². The predicted molar refractivity (Wildman–Crippen MR) is 130 cm³/mol. The van der Waals surface area contributed by atoms with Gasteiger partial charge in [-0.05, 0) is 49.9 Å². The number of amides is 1. The smallest absolute Gasteiger partial charge is 0.232 e. The van der Waals surface area contributed by atoms with Gasteiger partial charge in [-0.1, -0.05) is 36.4 Å². The van der Waals surface area contributed by atoms with Crippen LogP contribution in [-0.2, 0) is 9.53 Å². The van der Waals surface area contributed by atoms with Crippen molar-refractivity contribution < 1.29 is 9.53 Å². The monoisotopic (exact) mass is 446 g/mol. The van der Waals surface area contributed by atoms with Gasteiger partial charge < -0.3 is 20.3 Å². The molecule has 1 aliphatic rings. The maximum Gasteiger partial charge on any atom is 0.232 e. The van der Waals surface area contributed by atoms with E-state index >= 15 is 0 Å². The minimum absolute atomic E-state index is 0.0761. The second-order valence-electron chi connectivity index (χ2n) is 8.27. The first kappa shape index (κ1) is 22.7. The van der Waals surface area contributed by atoms with Gasteiger partial charge in [0.05, 0.1) is 12.2 Å². The van der Waals surface area contributed by atoms with Crippen molar-refractivity contribution in [2.24, 2.45) is 0 Å². The maximum atomic E-state index is 11.4. The summed E-state index contributed by atoms with van der Waals surface area (Å²) in [5.74, 6) is 1.01. The summed E-state index contributed by atoms with van der Waals surface area (Å²) in [6.45, 7) is 7.19. The second-order valence-corrected chi connectivity index (χ2v) is 8.27. The molecule has 1 atom stereocenters. The van der Waals surface area contributed by atoms with Gasteiger partial charge in [-0.15, -0.1) is 0 Å². The van der Waals surface area contributed by atoms with Crippen LogP contribution in [0, 0.1) is 6.92 Å². The molecule has 0 bridgehead atoms. The molecule has 0 radical (unpaired) electrons. The average molecular weight is 447 g/mol. The van der Waals surface area contributed by atoms with E-state index in [1.54, 1.807) is 0 Å². The zero-order chi connectivity index (χ0) is 23.2. The van der Waals surface area contributed by atoms with E-state index < -0.39 is 0 Å². The van der Waals surface area contributed by atoms with E-state index in [2.05, 4.69) is 49.5 Å². The molecular weight excluding hydrogens is 416 g/mol. The fourth-order valence-corrected chi connectivity index (χ4v) is 4.00. The van der Waals surface area contributed by atoms with Crippen LogP contribution in [0.15, 0.2) is 54.9 Å². The molecular formula is C25H30N6O2. The summed E-state index contributed by atoms with van der Waals surface area (Å²) >= 11 is 0. The quantitative estimate of drug-likeness (QED) is 0.547. The lowest BCUT2D eigenvalue weighted by atomic mass is 10.1. The van der Waals surface area contributed by atoms with Gasteiger partial charge in [0.2, 0.25) is 17.8 Å². The lowest BCUT2D eigenvalue weighted by Crippen LogP contribution is -2.38. The minimum Gasteiger partial charge on any atom is -0.370 e. The number of hydrogen-bond acceptors (Lipinski definition) is 7. The number of aromatic nitrogens is 3. The summed E-state index contributed by atoms with van der Waals surface area (Å²) in [5.41, 5.74) is 3.71. The van der Waals surface area contributed by atoms with E-state index in [9.17, 15) is 4.79 Å². The summed E-state index contributed by atoms with van der Waals surface area (Å²) < 4.78 is 6.29. The first-order valence-corrected chi connectivity index (χ1v) is 11.3. The maximum absolute atomic E-state index is 11.4. The van der Waals surface area contributed by atoms with Crippen molar-refractivity contribution in [3.8, 4) is 0 Å². The lowest BCUT2D eigenvalue weighted by molar-refractivity contribution is -0.114. The van der Waals surface area contributed by atoms with Crippen LogP contribution in [0.4, 0.5) is 23.3 Å². The summed E-state index contributed by atoms with van der Waals surface area (Å²) in [5, 5.41) is 6.09. The molecule has 3 aromatic rings. The Balaban J connectivity index is 1.37. The SMILES string of the molecule is CC(=O)Nc1cccc(Nc2ncnc(N3CCC(O[C@@H](C)c4ccccc4)CC3)n2)c1C. The number of hydrogen-bond donors (Lipinski definition) is 2. The molecule has 1 aromatic heterocycles. The Bertz CT molecular complexity index is 1080. The van der Waals surface area contributed by atoms with Crippen molar-refractivity contribution in [2.45, 2.75) is 45.8 Å². The van der Waals surface area contributed by atoms with Crippen LogP contribution in [0.25, 0.3) is 0 Å². The normalized spacial score (nSPS) is 15.2.